The monoisotopic (exact) mass is 261 g/mol. The van der Waals surface area contributed by atoms with Gasteiger partial charge in [0.15, 0.2) is 0 Å². The minimum absolute atomic E-state index is 0.323. The summed E-state index contributed by atoms with van der Waals surface area (Å²) in [5, 5.41) is 9.32. The average Bonchev–Trinajstić information content (AvgIpc) is 2.94. The molecule has 0 atom stereocenters. The molecular formula is C15H19NO3. The van der Waals surface area contributed by atoms with Gasteiger partial charge in [0, 0.05) is 18.2 Å². The maximum absolute atomic E-state index is 9.32. The van der Waals surface area contributed by atoms with E-state index in [2.05, 4.69) is 6.07 Å². The SMILES string of the molecule is COc1cc(OC)cc(OCC2(C#N)CCCC2)c1. The van der Waals surface area contributed by atoms with E-state index in [-0.39, 0.29) is 5.41 Å². The van der Waals surface area contributed by atoms with Gasteiger partial charge in [0.2, 0.25) is 0 Å². The molecule has 1 saturated carbocycles. The Morgan fingerprint density at radius 2 is 1.58 bits per heavy atom. The Bertz CT molecular complexity index is 451. The van der Waals surface area contributed by atoms with Crippen molar-refractivity contribution in [3.63, 3.8) is 0 Å². The lowest BCUT2D eigenvalue weighted by atomic mass is 9.89. The Balaban J connectivity index is 2.08. The number of methoxy groups -OCH3 is 2. The Morgan fingerprint density at radius 3 is 2.05 bits per heavy atom. The number of rotatable bonds is 5. The van der Waals surface area contributed by atoms with Gasteiger partial charge in [0.1, 0.15) is 23.9 Å². The van der Waals surface area contributed by atoms with Crippen molar-refractivity contribution >= 4 is 0 Å². The summed E-state index contributed by atoms with van der Waals surface area (Å²) < 4.78 is 16.2. The van der Waals surface area contributed by atoms with E-state index < -0.39 is 0 Å². The molecule has 0 bridgehead atoms. The smallest absolute Gasteiger partial charge is 0.126 e. The van der Waals surface area contributed by atoms with Crippen LogP contribution in [-0.2, 0) is 0 Å². The number of nitriles is 1. The Kier molecular flexibility index (Phi) is 4.16. The van der Waals surface area contributed by atoms with E-state index in [0.29, 0.717) is 23.9 Å². The third-order valence-electron chi connectivity index (χ3n) is 3.64. The largest absolute Gasteiger partial charge is 0.496 e. The standard InChI is InChI=1S/C15H19NO3/c1-17-12-7-13(18-2)9-14(8-12)19-11-15(10-16)5-3-4-6-15/h7-9H,3-6,11H2,1-2H3. The van der Waals surface area contributed by atoms with Crippen molar-refractivity contribution < 1.29 is 14.2 Å². The second kappa shape index (κ2) is 5.83. The highest BCUT2D eigenvalue weighted by molar-refractivity contribution is 5.42. The molecule has 4 nitrogen and oxygen atoms in total. The third-order valence-corrected chi connectivity index (χ3v) is 3.64. The number of hydrogen-bond acceptors (Lipinski definition) is 4. The van der Waals surface area contributed by atoms with Gasteiger partial charge in [-0.2, -0.15) is 5.26 Å². The number of hydrogen-bond donors (Lipinski definition) is 0. The number of ether oxygens (including phenoxy) is 3. The fourth-order valence-electron chi connectivity index (χ4n) is 2.43. The second-order valence-electron chi connectivity index (χ2n) is 4.94. The molecule has 0 aliphatic heterocycles. The van der Waals surface area contributed by atoms with E-state index in [1.807, 2.05) is 12.1 Å². The minimum Gasteiger partial charge on any atom is -0.496 e. The zero-order valence-electron chi connectivity index (χ0n) is 11.4. The van der Waals surface area contributed by atoms with Crippen LogP contribution in [0.2, 0.25) is 0 Å². The van der Waals surface area contributed by atoms with Crippen LogP contribution in [0.5, 0.6) is 17.2 Å². The summed E-state index contributed by atoms with van der Waals surface area (Å²) in [5.41, 5.74) is -0.323. The maximum Gasteiger partial charge on any atom is 0.126 e. The number of benzene rings is 1. The van der Waals surface area contributed by atoms with Crippen LogP contribution in [0.25, 0.3) is 0 Å². The lowest BCUT2D eigenvalue weighted by Gasteiger charge is -2.20. The Hall–Kier alpha value is -1.89. The first-order valence-corrected chi connectivity index (χ1v) is 6.48. The Labute approximate surface area is 113 Å². The van der Waals surface area contributed by atoms with E-state index in [1.165, 1.54) is 0 Å². The minimum atomic E-state index is -0.323. The predicted molar refractivity (Wildman–Crippen MR) is 71.6 cm³/mol. The molecule has 0 heterocycles. The summed E-state index contributed by atoms with van der Waals surface area (Å²) >= 11 is 0. The summed E-state index contributed by atoms with van der Waals surface area (Å²) in [5.74, 6) is 2.05. The molecule has 0 amide bonds. The van der Waals surface area contributed by atoms with Gasteiger partial charge in [-0.3, -0.25) is 0 Å². The molecule has 1 fully saturated rings. The quantitative estimate of drug-likeness (QED) is 0.817. The van der Waals surface area contributed by atoms with Gasteiger partial charge in [-0.1, -0.05) is 12.8 Å². The van der Waals surface area contributed by atoms with Gasteiger partial charge in [0.25, 0.3) is 0 Å². The molecule has 0 N–H and O–H groups in total. The lowest BCUT2D eigenvalue weighted by Crippen LogP contribution is -2.23. The average molecular weight is 261 g/mol. The topological polar surface area (TPSA) is 51.5 Å². The van der Waals surface area contributed by atoms with Crippen LogP contribution in [0, 0.1) is 16.7 Å². The van der Waals surface area contributed by atoms with Crippen molar-refractivity contribution in [2.75, 3.05) is 20.8 Å². The van der Waals surface area contributed by atoms with Crippen LogP contribution in [0.3, 0.4) is 0 Å². The summed E-state index contributed by atoms with van der Waals surface area (Å²) in [7, 11) is 3.21. The van der Waals surface area contributed by atoms with Crippen molar-refractivity contribution in [1.29, 1.82) is 5.26 Å². The molecule has 0 saturated heterocycles. The molecule has 0 unspecified atom stereocenters. The molecule has 19 heavy (non-hydrogen) atoms. The highest BCUT2D eigenvalue weighted by atomic mass is 16.5. The van der Waals surface area contributed by atoms with Gasteiger partial charge in [0.05, 0.1) is 25.7 Å². The number of nitrogens with zero attached hydrogens (tertiary/aromatic N) is 1. The van der Waals surface area contributed by atoms with Crippen LogP contribution in [0.1, 0.15) is 25.7 Å². The fourth-order valence-corrected chi connectivity index (χ4v) is 2.43. The summed E-state index contributed by atoms with van der Waals surface area (Å²) in [6.45, 7) is 0.430. The van der Waals surface area contributed by atoms with E-state index >= 15 is 0 Å². The van der Waals surface area contributed by atoms with E-state index in [4.69, 9.17) is 14.2 Å². The highest BCUT2D eigenvalue weighted by Gasteiger charge is 2.34. The highest BCUT2D eigenvalue weighted by Crippen LogP contribution is 2.38. The molecule has 2 rings (SSSR count). The fraction of sp³-hybridized carbons (Fsp3) is 0.533. The molecule has 0 aromatic heterocycles. The van der Waals surface area contributed by atoms with Crippen molar-refractivity contribution in [1.82, 2.24) is 0 Å². The molecule has 1 aliphatic carbocycles. The molecule has 0 radical (unpaired) electrons. The zero-order chi connectivity index (χ0) is 13.7. The molecule has 1 aromatic carbocycles. The summed E-state index contributed by atoms with van der Waals surface area (Å²) in [4.78, 5) is 0. The molecule has 1 aromatic rings. The van der Waals surface area contributed by atoms with Crippen LogP contribution >= 0.6 is 0 Å². The van der Waals surface area contributed by atoms with Crippen LogP contribution in [0.15, 0.2) is 18.2 Å². The van der Waals surface area contributed by atoms with Crippen molar-refractivity contribution in [3.05, 3.63) is 18.2 Å². The van der Waals surface area contributed by atoms with Gasteiger partial charge >= 0.3 is 0 Å². The van der Waals surface area contributed by atoms with E-state index in [0.717, 1.165) is 25.7 Å². The normalized spacial score (nSPS) is 16.7. The van der Waals surface area contributed by atoms with Crippen molar-refractivity contribution in [3.8, 4) is 23.3 Å². The molecule has 102 valence electrons. The van der Waals surface area contributed by atoms with Crippen LogP contribution < -0.4 is 14.2 Å². The first kappa shape index (κ1) is 13.5. The molecule has 1 aliphatic rings. The summed E-state index contributed by atoms with van der Waals surface area (Å²) in [6, 6.07) is 7.83. The molecule has 4 heteroatoms. The van der Waals surface area contributed by atoms with E-state index in [1.54, 1.807) is 20.3 Å². The van der Waals surface area contributed by atoms with Gasteiger partial charge in [-0.05, 0) is 12.8 Å². The first-order valence-electron chi connectivity index (χ1n) is 6.48. The van der Waals surface area contributed by atoms with Crippen LogP contribution in [0.4, 0.5) is 0 Å². The van der Waals surface area contributed by atoms with Gasteiger partial charge < -0.3 is 14.2 Å². The summed E-state index contributed by atoms with van der Waals surface area (Å²) in [6.07, 6.45) is 4.06. The van der Waals surface area contributed by atoms with E-state index in [9.17, 15) is 5.26 Å². The third kappa shape index (κ3) is 3.11. The maximum atomic E-state index is 9.32. The molecule has 0 spiro atoms. The van der Waals surface area contributed by atoms with Gasteiger partial charge in [-0.15, -0.1) is 0 Å². The zero-order valence-corrected chi connectivity index (χ0v) is 11.4. The lowest BCUT2D eigenvalue weighted by molar-refractivity contribution is 0.200. The first-order chi connectivity index (χ1) is 9.21. The molecular weight excluding hydrogens is 242 g/mol. The van der Waals surface area contributed by atoms with Crippen LogP contribution in [-0.4, -0.2) is 20.8 Å². The van der Waals surface area contributed by atoms with Crippen molar-refractivity contribution in [2.45, 2.75) is 25.7 Å². The van der Waals surface area contributed by atoms with Gasteiger partial charge in [-0.25, -0.2) is 0 Å². The predicted octanol–water partition coefficient (Wildman–Crippen LogP) is 3.17. The van der Waals surface area contributed by atoms with Crippen molar-refractivity contribution in [2.24, 2.45) is 5.41 Å². The Morgan fingerprint density at radius 1 is 1.05 bits per heavy atom. The second-order valence-corrected chi connectivity index (χ2v) is 4.94.